The van der Waals surface area contributed by atoms with Gasteiger partial charge in [-0.3, -0.25) is 9.59 Å². The van der Waals surface area contributed by atoms with Crippen molar-refractivity contribution < 1.29 is 9.59 Å². The summed E-state index contributed by atoms with van der Waals surface area (Å²) in [5.74, 6) is 0.00645. The first kappa shape index (κ1) is 16.0. The zero-order valence-electron chi connectivity index (χ0n) is 12.9. The van der Waals surface area contributed by atoms with Gasteiger partial charge in [-0.15, -0.1) is 23.1 Å². The summed E-state index contributed by atoms with van der Waals surface area (Å²) < 4.78 is 0. The molecule has 1 aliphatic heterocycles. The Morgan fingerprint density at radius 3 is 2.83 bits per heavy atom. The lowest BCUT2D eigenvalue weighted by Gasteiger charge is -2.20. The maximum Gasteiger partial charge on any atom is 0.275 e. The number of nitrogens with zero attached hydrogens (tertiary/aromatic N) is 2. The molecule has 0 bridgehead atoms. The van der Waals surface area contributed by atoms with Crippen LogP contribution >= 0.6 is 23.1 Å². The highest BCUT2D eigenvalue weighted by molar-refractivity contribution is 8.00. The van der Waals surface area contributed by atoms with Gasteiger partial charge >= 0.3 is 0 Å². The third-order valence-electron chi connectivity index (χ3n) is 3.61. The highest BCUT2D eigenvalue weighted by Crippen LogP contribution is 2.33. The van der Waals surface area contributed by atoms with E-state index in [-0.39, 0.29) is 5.91 Å². The van der Waals surface area contributed by atoms with Crippen molar-refractivity contribution >= 4 is 34.9 Å². The van der Waals surface area contributed by atoms with Crippen LogP contribution in [0.3, 0.4) is 0 Å². The predicted octanol–water partition coefficient (Wildman–Crippen LogP) is 2.43. The topological polar surface area (TPSA) is 76.3 Å². The molecule has 2 amide bonds. The van der Waals surface area contributed by atoms with Gasteiger partial charge in [-0.1, -0.05) is 29.8 Å². The molecule has 23 heavy (non-hydrogen) atoms. The van der Waals surface area contributed by atoms with Gasteiger partial charge in [0.15, 0.2) is 5.37 Å². The lowest BCUT2D eigenvalue weighted by molar-refractivity contribution is -0.119. The molecule has 7 heteroatoms. The first-order valence-electron chi connectivity index (χ1n) is 7.23. The Morgan fingerprint density at radius 2 is 2.13 bits per heavy atom. The van der Waals surface area contributed by atoms with Crippen LogP contribution in [-0.2, 0) is 4.79 Å². The second-order valence-corrected chi connectivity index (χ2v) is 7.80. The number of thiazole rings is 1. The molecular weight excluding hydrogens is 330 g/mol. The van der Waals surface area contributed by atoms with Gasteiger partial charge in [0.05, 0.1) is 9.88 Å². The van der Waals surface area contributed by atoms with E-state index in [2.05, 4.69) is 4.98 Å². The monoisotopic (exact) mass is 347 g/mol. The molecule has 1 aromatic carbocycles. The van der Waals surface area contributed by atoms with Gasteiger partial charge < -0.3 is 10.6 Å². The molecule has 2 aromatic rings. The van der Waals surface area contributed by atoms with Crippen LogP contribution in [0.1, 0.15) is 21.1 Å². The molecule has 1 atom stereocenters. The first-order chi connectivity index (χ1) is 11.0. The van der Waals surface area contributed by atoms with Crippen molar-refractivity contribution in [2.75, 3.05) is 12.3 Å². The van der Waals surface area contributed by atoms with Crippen molar-refractivity contribution in [3.05, 3.63) is 40.5 Å². The van der Waals surface area contributed by atoms with Gasteiger partial charge in [0.2, 0.25) is 0 Å². The minimum absolute atomic E-state index is 0.223. The summed E-state index contributed by atoms with van der Waals surface area (Å²) in [6, 6.07) is 7.99. The molecule has 0 spiro atoms. The number of carbonyl (C=O) groups excluding carboxylic acids is 2. The molecular formula is C16H17N3O2S2. The van der Waals surface area contributed by atoms with Crippen LogP contribution in [0.5, 0.6) is 0 Å². The Kier molecular flexibility index (Phi) is 4.41. The van der Waals surface area contributed by atoms with Gasteiger partial charge in [0.1, 0.15) is 5.69 Å². The lowest BCUT2D eigenvalue weighted by atomic mass is 10.1. The third-order valence-corrected chi connectivity index (χ3v) is 5.85. The zero-order valence-corrected chi connectivity index (χ0v) is 14.5. The average molecular weight is 347 g/mol. The molecule has 1 fully saturated rings. The quantitative estimate of drug-likeness (QED) is 0.925. The standard InChI is InChI=1S/C16H17N3O2S2/c1-9-4-3-5-11(8-9)13-12(18-10(2)23-13)15(21)19-6-7-22-16(19)14(17)20/h3-5,8,16H,6-7H2,1-2H3,(H2,17,20). The van der Waals surface area contributed by atoms with Gasteiger partial charge in [0, 0.05) is 12.3 Å². The number of thioether (sulfide) groups is 1. The Morgan fingerprint density at radius 1 is 1.35 bits per heavy atom. The second kappa shape index (κ2) is 6.33. The summed E-state index contributed by atoms with van der Waals surface area (Å²) in [4.78, 5) is 31.2. The van der Waals surface area contributed by atoms with Crippen molar-refractivity contribution in [1.82, 2.24) is 9.88 Å². The fourth-order valence-electron chi connectivity index (χ4n) is 2.60. The molecule has 5 nitrogen and oxygen atoms in total. The molecule has 1 aliphatic rings. The Labute approximate surface area is 142 Å². The Balaban J connectivity index is 2.00. The minimum atomic E-state index is -0.602. The largest absolute Gasteiger partial charge is 0.367 e. The molecule has 2 heterocycles. The summed E-state index contributed by atoms with van der Waals surface area (Å²) in [5, 5.41) is 0.224. The average Bonchev–Trinajstić information content (AvgIpc) is 3.13. The highest BCUT2D eigenvalue weighted by Gasteiger charge is 2.36. The van der Waals surface area contributed by atoms with E-state index in [1.807, 2.05) is 38.1 Å². The molecule has 1 saturated heterocycles. The van der Waals surface area contributed by atoms with E-state index < -0.39 is 11.3 Å². The molecule has 0 saturated carbocycles. The molecule has 0 radical (unpaired) electrons. The van der Waals surface area contributed by atoms with Gasteiger partial charge in [-0.2, -0.15) is 0 Å². The number of aromatic nitrogens is 1. The van der Waals surface area contributed by atoms with Gasteiger partial charge in [-0.25, -0.2) is 4.98 Å². The number of hydrogen-bond donors (Lipinski definition) is 1. The zero-order chi connectivity index (χ0) is 16.6. The van der Waals surface area contributed by atoms with E-state index in [9.17, 15) is 9.59 Å². The summed E-state index contributed by atoms with van der Waals surface area (Å²) in [6.45, 7) is 4.41. The fraction of sp³-hybridized carbons (Fsp3) is 0.312. The number of primary amides is 1. The molecule has 3 rings (SSSR count). The fourth-order valence-corrected chi connectivity index (χ4v) is 4.58. The predicted molar refractivity (Wildman–Crippen MR) is 93.5 cm³/mol. The van der Waals surface area contributed by atoms with Crippen LogP contribution in [0.4, 0.5) is 0 Å². The normalized spacial score (nSPS) is 17.5. The molecule has 1 aromatic heterocycles. The Bertz CT molecular complexity index is 772. The van der Waals surface area contributed by atoms with Gasteiger partial charge in [0.25, 0.3) is 11.8 Å². The van der Waals surface area contributed by atoms with Crippen LogP contribution in [0.2, 0.25) is 0 Å². The highest BCUT2D eigenvalue weighted by atomic mass is 32.2. The summed E-state index contributed by atoms with van der Waals surface area (Å²) in [7, 11) is 0. The number of amides is 2. The van der Waals surface area contributed by atoms with Crippen molar-refractivity contribution in [3.63, 3.8) is 0 Å². The van der Waals surface area contributed by atoms with Crippen LogP contribution in [0.25, 0.3) is 10.4 Å². The van der Waals surface area contributed by atoms with E-state index in [1.165, 1.54) is 28.0 Å². The number of aryl methyl sites for hydroxylation is 2. The SMILES string of the molecule is Cc1cccc(-c2sc(C)nc2C(=O)N2CCSC2C(N)=O)c1. The van der Waals surface area contributed by atoms with Crippen molar-refractivity contribution in [2.45, 2.75) is 19.2 Å². The molecule has 2 N–H and O–H groups in total. The number of hydrogen-bond acceptors (Lipinski definition) is 5. The lowest BCUT2D eigenvalue weighted by Crippen LogP contribution is -2.42. The number of benzene rings is 1. The van der Waals surface area contributed by atoms with E-state index >= 15 is 0 Å². The van der Waals surface area contributed by atoms with Crippen molar-refractivity contribution in [3.8, 4) is 10.4 Å². The van der Waals surface area contributed by atoms with Crippen LogP contribution < -0.4 is 5.73 Å². The number of nitrogens with two attached hydrogens (primary N) is 1. The molecule has 120 valence electrons. The Hall–Kier alpha value is -1.86. The van der Waals surface area contributed by atoms with Crippen LogP contribution in [0, 0.1) is 13.8 Å². The second-order valence-electron chi connectivity index (χ2n) is 5.40. The molecule has 0 aliphatic carbocycles. The summed E-state index contributed by atoms with van der Waals surface area (Å²) in [6.07, 6.45) is 0. The van der Waals surface area contributed by atoms with Crippen LogP contribution in [-0.4, -0.2) is 39.4 Å². The van der Waals surface area contributed by atoms with Gasteiger partial charge in [-0.05, 0) is 19.4 Å². The third kappa shape index (κ3) is 3.11. The maximum absolute atomic E-state index is 12.9. The first-order valence-corrected chi connectivity index (χ1v) is 9.10. The molecule has 1 unspecified atom stereocenters. The maximum atomic E-state index is 12.9. The number of carbonyl (C=O) groups is 2. The smallest absolute Gasteiger partial charge is 0.275 e. The van der Waals surface area contributed by atoms with Crippen LogP contribution in [0.15, 0.2) is 24.3 Å². The van der Waals surface area contributed by atoms with Crippen molar-refractivity contribution in [1.29, 1.82) is 0 Å². The van der Waals surface area contributed by atoms with Crippen molar-refractivity contribution in [2.24, 2.45) is 5.73 Å². The summed E-state index contributed by atoms with van der Waals surface area (Å²) in [5.41, 5.74) is 7.91. The van der Waals surface area contributed by atoms with E-state index in [0.29, 0.717) is 18.0 Å². The number of rotatable bonds is 3. The minimum Gasteiger partial charge on any atom is -0.367 e. The van der Waals surface area contributed by atoms with E-state index in [1.54, 1.807) is 0 Å². The summed E-state index contributed by atoms with van der Waals surface area (Å²) >= 11 is 2.89. The van der Waals surface area contributed by atoms with E-state index in [4.69, 9.17) is 5.73 Å². The van der Waals surface area contributed by atoms with E-state index in [0.717, 1.165) is 21.0 Å².